The van der Waals surface area contributed by atoms with Gasteiger partial charge in [-0.15, -0.1) is 0 Å². The highest BCUT2D eigenvalue weighted by Gasteiger charge is 2.21. The van der Waals surface area contributed by atoms with Crippen molar-refractivity contribution in [3.05, 3.63) is 53.1 Å². The van der Waals surface area contributed by atoms with Crippen molar-refractivity contribution in [3.63, 3.8) is 0 Å². The summed E-state index contributed by atoms with van der Waals surface area (Å²) in [5.41, 5.74) is 1.41. The first-order valence-corrected chi connectivity index (χ1v) is 12.2. The molecule has 0 aliphatic rings. The Kier molecular flexibility index (Phi) is 9.00. The first-order valence-electron chi connectivity index (χ1n) is 9.93. The lowest BCUT2D eigenvalue weighted by atomic mass is 10.1. The molecule has 7 nitrogen and oxygen atoms in total. The number of rotatable bonds is 11. The highest BCUT2D eigenvalue weighted by molar-refractivity contribution is 7.92. The summed E-state index contributed by atoms with van der Waals surface area (Å²) in [4.78, 5) is 12.4. The number of hydrogen-bond donors (Lipinski definition) is 1. The molecule has 0 saturated carbocycles. The lowest BCUT2D eigenvalue weighted by Gasteiger charge is -2.22. The van der Waals surface area contributed by atoms with Crippen molar-refractivity contribution < 1.29 is 22.7 Å². The summed E-state index contributed by atoms with van der Waals surface area (Å²) in [5.74, 6) is 0.846. The van der Waals surface area contributed by atoms with E-state index in [0.29, 0.717) is 24.4 Å². The van der Waals surface area contributed by atoms with E-state index in [-0.39, 0.29) is 17.7 Å². The summed E-state index contributed by atoms with van der Waals surface area (Å²) in [6.45, 7) is 4.04. The Balaban J connectivity index is 1.91. The Bertz CT molecular complexity index is 995. The molecular weight excluding hydrogens is 440 g/mol. The largest absolute Gasteiger partial charge is 0.495 e. The van der Waals surface area contributed by atoms with E-state index in [1.165, 1.54) is 13.2 Å². The molecule has 9 heteroatoms. The van der Waals surface area contributed by atoms with Crippen LogP contribution in [-0.4, -0.2) is 46.9 Å². The Morgan fingerprint density at radius 1 is 1.19 bits per heavy atom. The van der Waals surface area contributed by atoms with Crippen LogP contribution < -0.4 is 19.1 Å². The summed E-state index contributed by atoms with van der Waals surface area (Å²) >= 11 is 6.10. The first kappa shape index (κ1) is 24.8. The minimum atomic E-state index is -3.68. The predicted octanol–water partition coefficient (Wildman–Crippen LogP) is 3.65. The molecule has 1 amide bonds. The summed E-state index contributed by atoms with van der Waals surface area (Å²) < 4.78 is 36.2. The monoisotopic (exact) mass is 468 g/mol. The molecule has 0 spiro atoms. The van der Waals surface area contributed by atoms with Gasteiger partial charge in [-0.05, 0) is 62.6 Å². The average Bonchev–Trinajstić information content (AvgIpc) is 2.68. The number of nitrogens with zero attached hydrogens (tertiary/aromatic N) is 1. The number of methoxy groups -OCH3 is 1. The van der Waals surface area contributed by atoms with Crippen molar-refractivity contribution in [2.24, 2.45) is 0 Å². The van der Waals surface area contributed by atoms with Crippen LogP contribution in [0.15, 0.2) is 42.5 Å². The molecule has 170 valence electrons. The summed E-state index contributed by atoms with van der Waals surface area (Å²) in [6, 6.07) is 12.4. The fourth-order valence-electron chi connectivity index (χ4n) is 2.96. The summed E-state index contributed by atoms with van der Waals surface area (Å²) in [6.07, 6.45) is 2.63. The third-order valence-corrected chi connectivity index (χ3v) is 5.78. The van der Waals surface area contributed by atoms with Gasteiger partial charge in [0.1, 0.15) is 18.0 Å². The zero-order valence-electron chi connectivity index (χ0n) is 18.2. The SMILES string of the molecule is COc1ccc(N(CC(=O)NCCCc2cccc(OC(C)C)c2)S(C)(=O)=O)cc1Cl. The molecule has 2 rings (SSSR count). The molecule has 0 unspecified atom stereocenters. The van der Waals surface area contributed by atoms with Crippen LogP contribution in [0, 0.1) is 0 Å². The van der Waals surface area contributed by atoms with E-state index in [1.807, 2.05) is 38.1 Å². The van der Waals surface area contributed by atoms with E-state index >= 15 is 0 Å². The van der Waals surface area contributed by atoms with E-state index in [2.05, 4.69) is 5.32 Å². The molecule has 1 N–H and O–H groups in total. The smallest absolute Gasteiger partial charge is 0.240 e. The number of anilines is 1. The lowest BCUT2D eigenvalue weighted by Crippen LogP contribution is -2.40. The standard InChI is InChI=1S/C22H29ClN2O5S/c1-16(2)30-19-9-5-7-17(13-19)8-6-12-24-22(26)15-25(31(4,27)28)18-10-11-21(29-3)20(23)14-18/h5,7,9-11,13-14,16H,6,8,12,15H2,1-4H3,(H,24,26). The molecule has 0 bridgehead atoms. The minimum Gasteiger partial charge on any atom is -0.495 e. The van der Waals surface area contributed by atoms with Gasteiger partial charge in [-0.1, -0.05) is 23.7 Å². The van der Waals surface area contributed by atoms with Gasteiger partial charge in [-0.25, -0.2) is 8.42 Å². The first-order chi connectivity index (χ1) is 14.6. The maximum absolute atomic E-state index is 12.4. The quantitative estimate of drug-likeness (QED) is 0.509. The average molecular weight is 469 g/mol. The van der Waals surface area contributed by atoms with Crippen LogP contribution in [0.5, 0.6) is 11.5 Å². The number of benzene rings is 2. The molecule has 2 aromatic carbocycles. The van der Waals surface area contributed by atoms with Gasteiger partial charge in [-0.3, -0.25) is 9.10 Å². The van der Waals surface area contributed by atoms with Gasteiger partial charge in [0, 0.05) is 6.54 Å². The molecule has 0 fully saturated rings. The fourth-order valence-corrected chi connectivity index (χ4v) is 4.06. The number of carbonyl (C=O) groups is 1. The van der Waals surface area contributed by atoms with Crippen molar-refractivity contribution >= 4 is 33.2 Å². The molecule has 0 aromatic heterocycles. The van der Waals surface area contributed by atoms with Crippen LogP contribution in [0.3, 0.4) is 0 Å². The molecular formula is C22H29ClN2O5S. The van der Waals surface area contributed by atoms with Gasteiger partial charge < -0.3 is 14.8 Å². The van der Waals surface area contributed by atoms with Crippen molar-refractivity contribution in [2.75, 3.05) is 30.8 Å². The third-order valence-electron chi connectivity index (χ3n) is 4.35. The second kappa shape index (κ2) is 11.2. The summed E-state index contributed by atoms with van der Waals surface area (Å²) in [7, 11) is -2.21. The van der Waals surface area contributed by atoms with E-state index in [4.69, 9.17) is 21.1 Å². The zero-order valence-corrected chi connectivity index (χ0v) is 19.8. The minimum absolute atomic E-state index is 0.105. The van der Waals surface area contributed by atoms with Gasteiger partial charge in [0.2, 0.25) is 15.9 Å². The molecule has 2 aromatic rings. The van der Waals surface area contributed by atoms with Crippen molar-refractivity contribution in [2.45, 2.75) is 32.8 Å². The number of carbonyl (C=O) groups excluding carboxylic acids is 1. The van der Waals surface area contributed by atoms with Gasteiger partial charge in [-0.2, -0.15) is 0 Å². The highest BCUT2D eigenvalue weighted by Crippen LogP contribution is 2.30. The lowest BCUT2D eigenvalue weighted by molar-refractivity contribution is -0.119. The molecule has 31 heavy (non-hydrogen) atoms. The molecule has 0 aliphatic heterocycles. The molecule has 0 aliphatic carbocycles. The number of amides is 1. The zero-order chi connectivity index (χ0) is 23.0. The normalized spacial score (nSPS) is 11.3. The van der Waals surface area contributed by atoms with Crippen LogP contribution >= 0.6 is 11.6 Å². The van der Waals surface area contributed by atoms with Crippen LogP contribution in [0.2, 0.25) is 5.02 Å². The number of ether oxygens (including phenoxy) is 2. The van der Waals surface area contributed by atoms with Gasteiger partial charge in [0.15, 0.2) is 0 Å². The second-order valence-corrected chi connectivity index (χ2v) is 9.67. The number of hydrogen-bond acceptors (Lipinski definition) is 5. The number of sulfonamides is 1. The van der Waals surface area contributed by atoms with Gasteiger partial charge in [0.05, 0.1) is 30.2 Å². The maximum atomic E-state index is 12.4. The molecule has 0 radical (unpaired) electrons. The van der Waals surface area contributed by atoms with Gasteiger partial charge in [0.25, 0.3) is 0 Å². The fraction of sp³-hybridized carbons (Fsp3) is 0.409. The van der Waals surface area contributed by atoms with E-state index in [0.717, 1.165) is 28.3 Å². The van der Waals surface area contributed by atoms with E-state index in [9.17, 15) is 13.2 Å². The van der Waals surface area contributed by atoms with Crippen LogP contribution in [0.25, 0.3) is 0 Å². The number of halogens is 1. The van der Waals surface area contributed by atoms with Crippen LogP contribution in [-0.2, 0) is 21.2 Å². The molecule has 0 heterocycles. The molecule has 0 saturated heterocycles. The van der Waals surface area contributed by atoms with Crippen LogP contribution in [0.4, 0.5) is 5.69 Å². The Labute approximate surface area is 189 Å². The highest BCUT2D eigenvalue weighted by atomic mass is 35.5. The Morgan fingerprint density at radius 3 is 2.55 bits per heavy atom. The second-order valence-electron chi connectivity index (χ2n) is 7.36. The van der Waals surface area contributed by atoms with E-state index < -0.39 is 15.9 Å². The summed E-state index contributed by atoms with van der Waals surface area (Å²) in [5, 5.41) is 3.04. The van der Waals surface area contributed by atoms with Crippen LogP contribution in [0.1, 0.15) is 25.8 Å². The van der Waals surface area contributed by atoms with Gasteiger partial charge >= 0.3 is 0 Å². The topological polar surface area (TPSA) is 84.9 Å². The Morgan fingerprint density at radius 2 is 1.94 bits per heavy atom. The third kappa shape index (κ3) is 7.95. The van der Waals surface area contributed by atoms with Crippen molar-refractivity contribution in [1.29, 1.82) is 0 Å². The Hall–Kier alpha value is -2.45. The molecule has 0 atom stereocenters. The van der Waals surface area contributed by atoms with E-state index in [1.54, 1.807) is 12.1 Å². The number of nitrogens with one attached hydrogen (secondary N) is 1. The van der Waals surface area contributed by atoms with Crippen molar-refractivity contribution in [1.82, 2.24) is 5.32 Å². The predicted molar refractivity (Wildman–Crippen MR) is 124 cm³/mol. The maximum Gasteiger partial charge on any atom is 0.240 e. The van der Waals surface area contributed by atoms with Crippen molar-refractivity contribution in [3.8, 4) is 11.5 Å². The number of aryl methyl sites for hydroxylation is 1.